The Morgan fingerprint density at radius 3 is 2.15 bits per heavy atom. The first-order valence-corrected chi connectivity index (χ1v) is 6.64. The molecule has 3 heteroatoms. The molecule has 0 heterocycles. The average molecular weight is 270 g/mol. The van der Waals surface area contributed by atoms with Crippen molar-refractivity contribution in [3.05, 3.63) is 59.7 Å². The second-order valence-corrected chi connectivity index (χ2v) is 4.47. The van der Waals surface area contributed by atoms with E-state index in [1.54, 1.807) is 25.3 Å². The van der Waals surface area contributed by atoms with Crippen molar-refractivity contribution in [1.29, 1.82) is 0 Å². The van der Waals surface area contributed by atoms with Crippen LogP contribution in [-0.2, 0) is 17.6 Å². The van der Waals surface area contributed by atoms with E-state index in [1.807, 2.05) is 30.3 Å². The number of benzene rings is 2. The van der Waals surface area contributed by atoms with E-state index in [4.69, 9.17) is 9.47 Å². The van der Waals surface area contributed by atoms with Crippen LogP contribution in [0.15, 0.2) is 48.5 Å². The summed E-state index contributed by atoms with van der Waals surface area (Å²) in [6, 6.07) is 15.1. The molecule has 0 radical (unpaired) electrons. The number of carbonyl (C=O) groups excluding carboxylic acids is 1. The molecule has 3 nitrogen and oxygen atoms in total. The van der Waals surface area contributed by atoms with Crippen molar-refractivity contribution in [2.75, 3.05) is 7.11 Å². The van der Waals surface area contributed by atoms with Gasteiger partial charge in [0.1, 0.15) is 0 Å². The van der Waals surface area contributed by atoms with Crippen LogP contribution in [0.3, 0.4) is 0 Å². The van der Waals surface area contributed by atoms with Crippen LogP contribution in [0.25, 0.3) is 0 Å². The van der Waals surface area contributed by atoms with Gasteiger partial charge in [-0.25, -0.2) is 0 Å². The first kappa shape index (κ1) is 14.1. The number of methoxy groups -OCH3 is 1. The summed E-state index contributed by atoms with van der Waals surface area (Å²) in [5.74, 6) is 0.714. The molecule has 2 aromatic rings. The first-order valence-electron chi connectivity index (χ1n) is 6.64. The van der Waals surface area contributed by atoms with Crippen LogP contribution >= 0.6 is 0 Å². The lowest BCUT2D eigenvalue weighted by Crippen LogP contribution is -2.11. The van der Waals surface area contributed by atoms with Gasteiger partial charge >= 0.3 is 5.97 Å². The summed E-state index contributed by atoms with van der Waals surface area (Å²) in [4.78, 5) is 11.9. The number of aryl methyl sites for hydroxylation is 1. The molecule has 0 aromatic heterocycles. The van der Waals surface area contributed by atoms with E-state index in [1.165, 1.54) is 5.56 Å². The number of ether oxygens (including phenoxy) is 2. The zero-order valence-corrected chi connectivity index (χ0v) is 11.8. The fourth-order valence-electron chi connectivity index (χ4n) is 1.92. The van der Waals surface area contributed by atoms with Crippen LogP contribution in [0.4, 0.5) is 0 Å². The van der Waals surface area contributed by atoms with Gasteiger partial charge < -0.3 is 9.47 Å². The topological polar surface area (TPSA) is 35.5 Å². The first-order chi connectivity index (χ1) is 9.72. The number of rotatable bonds is 5. The maximum Gasteiger partial charge on any atom is 0.315 e. The van der Waals surface area contributed by atoms with Gasteiger partial charge in [-0.15, -0.1) is 0 Å². The van der Waals surface area contributed by atoms with Crippen molar-refractivity contribution >= 4 is 5.97 Å². The maximum absolute atomic E-state index is 11.9. The molecule has 2 rings (SSSR count). The van der Waals surface area contributed by atoms with Crippen LogP contribution in [0.5, 0.6) is 11.5 Å². The fourth-order valence-corrected chi connectivity index (χ4v) is 1.92. The molecule has 0 aliphatic heterocycles. The normalized spacial score (nSPS) is 10.1. The highest BCUT2D eigenvalue weighted by Crippen LogP contribution is 2.26. The third-order valence-corrected chi connectivity index (χ3v) is 3.07. The summed E-state index contributed by atoms with van der Waals surface area (Å²) in [6.07, 6.45) is 1.24. The Bertz CT molecular complexity index is 573. The number of carbonyl (C=O) groups is 1. The highest BCUT2D eigenvalue weighted by molar-refractivity contribution is 5.75. The average Bonchev–Trinajstić information content (AvgIpc) is 2.48. The standard InChI is InChI=1S/C17H18O3/c1-3-13-8-10-14(11-9-13)12-17(18)20-16-7-5-4-6-15(16)19-2/h4-11H,3,12H2,1-2H3. The van der Waals surface area contributed by atoms with E-state index >= 15 is 0 Å². The summed E-state index contributed by atoms with van der Waals surface area (Å²) >= 11 is 0. The van der Waals surface area contributed by atoms with Gasteiger partial charge in [-0.1, -0.05) is 43.3 Å². The van der Waals surface area contributed by atoms with Gasteiger partial charge in [0.05, 0.1) is 13.5 Å². The quantitative estimate of drug-likeness (QED) is 0.617. The van der Waals surface area contributed by atoms with E-state index in [9.17, 15) is 4.79 Å². The Morgan fingerprint density at radius 1 is 0.950 bits per heavy atom. The molecule has 0 bridgehead atoms. The lowest BCUT2D eigenvalue weighted by molar-refractivity contribution is -0.133. The molecule has 0 aliphatic rings. The predicted molar refractivity (Wildman–Crippen MR) is 78.2 cm³/mol. The van der Waals surface area contributed by atoms with Crippen LogP contribution in [0, 0.1) is 0 Å². The Hall–Kier alpha value is -2.29. The highest BCUT2D eigenvalue weighted by atomic mass is 16.6. The highest BCUT2D eigenvalue weighted by Gasteiger charge is 2.10. The maximum atomic E-state index is 11.9. The zero-order chi connectivity index (χ0) is 14.4. The van der Waals surface area contributed by atoms with Crippen LogP contribution in [0.2, 0.25) is 0 Å². The van der Waals surface area contributed by atoms with Gasteiger partial charge in [0.2, 0.25) is 0 Å². The van der Waals surface area contributed by atoms with Gasteiger partial charge in [-0.3, -0.25) is 4.79 Å². The molecule has 20 heavy (non-hydrogen) atoms. The largest absolute Gasteiger partial charge is 0.493 e. The van der Waals surface area contributed by atoms with Crippen LogP contribution < -0.4 is 9.47 Å². The third-order valence-electron chi connectivity index (χ3n) is 3.07. The Morgan fingerprint density at radius 2 is 1.55 bits per heavy atom. The van der Waals surface area contributed by atoms with Crippen molar-refractivity contribution in [1.82, 2.24) is 0 Å². The van der Waals surface area contributed by atoms with Crippen molar-refractivity contribution in [2.45, 2.75) is 19.8 Å². The summed E-state index contributed by atoms with van der Waals surface area (Å²) < 4.78 is 10.5. The third kappa shape index (κ3) is 3.60. The number of para-hydroxylation sites is 2. The van der Waals surface area contributed by atoms with Gasteiger partial charge in [-0.05, 0) is 29.7 Å². The SMILES string of the molecule is CCc1ccc(CC(=O)Oc2ccccc2OC)cc1. The molecule has 0 N–H and O–H groups in total. The van der Waals surface area contributed by atoms with Crippen molar-refractivity contribution < 1.29 is 14.3 Å². The van der Waals surface area contributed by atoms with Gasteiger partial charge in [0.25, 0.3) is 0 Å². The molecule has 0 unspecified atom stereocenters. The minimum Gasteiger partial charge on any atom is -0.493 e. The fraction of sp³-hybridized carbons (Fsp3) is 0.235. The molecular weight excluding hydrogens is 252 g/mol. The summed E-state index contributed by atoms with van der Waals surface area (Å²) in [6.45, 7) is 2.10. The number of esters is 1. The summed E-state index contributed by atoms with van der Waals surface area (Å²) in [5, 5.41) is 0. The second kappa shape index (κ2) is 6.75. The molecule has 104 valence electrons. The van der Waals surface area contributed by atoms with Crippen LogP contribution in [0.1, 0.15) is 18.1 Å². The number of hydrogen-bond acceptors (Lipinski definition) is 3. The Balaban J connectivity index is 2.01. The van der Waals surface area contributed by atoms with E-state index in [2.05, 4.69) is 6.92 Å². The second-order valence-electron chi connectivity index (χ2n) is 4.47. The molecule has 2 aromatic carbocycles. The predicted octanol–water partition coefficient (Wildman–Crippen LogP) is 3.41. The number of hydrogen-bond donors (Lipinski definition) is 0. The molecule has 0 amide bonds. The molecule has 0 saturated heterocycles. The van der Waals surface area contributed by atoms with Gasteiger partial charge in [-0.2, -0.15) is 0 Å². The van der Waals surface area contributed by atoms with Crippen molar-refractivity contribution in [3.8, 4) is 11.5 Å². The molecule has 0 spiro atoms. The monoisotopic (exact) mass is 270 g/mol. The molecule has 0 aliphatic carbocycles. The van der Waals surface area contributed by atoms with Gasteiger partial charge in [0.15, 0.2) is 11.5 Å². The lowest BCUT2D eigenvalue weighted by atomic mass is 10.1. The summed E-state index contributed by atoms with van der Waals surface area (Å²) in [5.41, 5.74) is 2.20. The molecule has 0 fully saturated rings. The van der Waals surface area contributed by atoms with E-state index in [0.29, 0.717) is 11.5 Å². The molecule has 0 atom stereocenters. The molecule has 0 saturated carbocycles. The van der Waals surface area contributed by atoms with E-state index in [0.717, 1.165) is 12.0 Å². The minimum atomic E-state index is -0.293. The Kier molecular flexibility index (Phi) is 4.77. The van der Waals surface area contributed by atoms with E-state index < -0.39 is 0 Å². The smallest absolute Gasteiger partial charge is 0.315 e. The van der Waals surface area contributed by atoms with Crippen molar-refractivity contribution in [2.24, 2.45) is 0 Å². The zero-order valence-electron chi connectivity index (χ0n) is 11.8. The van der Waals surface area contributed by atoms with Crippen molar-refractivity contribution in [3.63, 3.8) is 0 Å². The van der Waals surface area contributed by atoms with Gasteiger partial charge in [0, 0.05) is 0 Å². The lowest BCUT2D eigenvalue weighted by Gasteiger charge is -2.08. The van der Waals surface area contributed by atoms with E-state index in [-0.39, 0.29) is 12.4 Å². The summed E-state index contributed by atoms with van der Waals surface area (Å²) in [7, 11) is 1.55. The Labute approximate surface area is 119 Å². The minimum absolute atomic E-state index is 0.252. The molecular formula is C17H18O3. The van der Waals surface area contributed by atoms with Crippen LogP contribution in [-0.4, -0.2) is 13.1 Å².